The smallest absolute Gasteiger partial charge is 0.256 e. The minimum Gasteiger partial charge on any atom is -0.334 e. The maximum absolute atomic E-state index is 12.9. The second-order valence-corrected chi connectivity index (χ2v) is 5.89. The van der Waals surface area contributed by atoms with Crippen LogP contribution in [0.5, 0.6) is 0 Å². The molecule has 1 saturated carbocycles. The molecule has 21 heavy (non-hydrogen) atoms. The van der Waals surface area contributed by atoms with Crippen molar-refractivity contribution in [3.05, 3.63) is 48.3 Å². The van der Waals surface area contributed by atoms with Crippen LogP contribution in [0, 0.1) is 11.8 Å². The molecule has 4 rings (SSSR count). The zero-order chi connectivity index (χ0) is 14.4. The molecule has 0 unspecified atom stereocenters. The Morgan fingerprint density at radius 2 is 2.19 bits per heavy atom. The van der Waals surface area contributed by atoms with Crippen LogP contribution in [0.15, 0.2) is 42.7 Å². The first kappa shape index (κ1) is 12.6. The van der Waals surface area contributed by atoms with Gasteiger partial charge in [-0.25, -0.2) is 4.68 Å². The number of nitrogens with two attached hydrogens (primary N) is 1. The SMILES string of the molecule is NC[C@@H]1[C@@H]2C[C@@H]2CN1C(=O)c1ccccc1-n1cccn1. The summed E-state index contributed by atoms with van der Waals surface area (Å²) >= 11 is 0. The molecular formula is C16H18N4O. The third-order valence-electron chi connectivity index (χ3n) is 4.69. The third kappa shape index (κ3) is 1.96. The number of piperidine rings is 1. The van der Waals surface area contributed by atoms with Crippen molar-refractivity contribution in [3.63, 3.8) is 0 Å². The Bertz CT molecular complexity index is 667. The highest BCUT2D eigenvalue weighted by Gasteiger charge is 2.53. The number of hydrogen-bond donors (Lipinski definition) is 1. The topological polar surface area (TPSA) is 64.2 Å². The molecule has 5 nitrogen and oxygen atoms in total. The molecule has 0 radical (unpaired) electrons. The highest BCUT2D eigenvalue weighted by atomic mass is 16.2. The Morgan fingerprint density at radius 1 is 1.33 bits per heavy atom. The highest BCUT2D eigenvalue weighted by Crippen LogP contribution is 2.49. The summed E-state index contributed by atoms with van der Waals surface area (Å²) in [5.41, 5.74) is 7.40. The lowest BCUT2D eigenvalue weighted by Crippen LogP contribution is -2.43. The molecule has 2 aliphatic rings. The fourth-order valence-electron chi connectivity index (χ4n) is 3.53. The van der Waals surface area contributed by atoms with Gasteiger partial charge in [-0.3, -0.25) is 4.79 Å². The molecular weight excluding hydrogens is 264 g/mol. The summed E-state index contributed by atoms with van der Waals surface area (Å²) in [7, 11) is 0. The fraction of sp³-hybridized carbons (Fsp3) is 0.375. The van der Waals surface area contributed by atoms with Gasteiger partial charge in [0.15, 0.2) is 0 Å². The van der Waals surface area contributed by atoms with Gasteiger partial charge >= 0.3 is 0 Å². The van der Waals surface area contributed by atoms with Crippen LogP contribution < -0.4 is 5.73 Å². The summed E-state index contributed by atoms with van der Waals surface area (Å²) in [6.45, 7) is 1.40. The summed E-state index contributed by atoms with van der Waals surface area (Å²) in [5.74, 6) is 1.36. The zero-order valence-corrected chi connectivity index (χ0v) is 11.7. The van der Waals surface area contributed by atoms with Crippen molar-refractivity contribution < 1.29 is 4.79 Å². The van der Waals surface area contributed by atoms with Crippen LogP contribution in [0.25, 0.3) is 5.69 Å². The van der Waals surface area contributed by atoms with E-state index in [1.807, 2.05) is 41.4 Å². The van der Waals surface area contributed by atoms with Gasteiger partial charge in [-0.15, -0.1) is 0 Å². The minimum atomic E-state index is 0.0729. The number of hydrogen-bond acceptors (Lipinski definition) is 3. The van der Waals surface area contributed by atoms with Crippen LogP contribution in [-0.2, 0) is 0 Å². The van der Waals surface area contributed by atoms with Crippen LogP contribution in [-0.4, -0.2) is 39.7 Å². The summed E-state index contributed by atoms with van der Waals surface area (Å²) in [6.07, 6.45) is 4.80. The second kappa shape index (κ2) is 4.70. The number of rotatable bonds is 3. The van der Waals surface area contributed by atoms with E-state index in [4.69, 9.17) is 5.73 Å². The number of nitrogens with zero attached hydrogens (tertiary/aromatic N) is 3. The van der Waals surface area contributed by atoms with E-state index in [-0.39, 0.29) is 11.9 Å². The van der Waals surface area contributed by atoms with E-state index >= 15 is 0 Å². The van der Waals surface area contributed by atoms with E-state index in [9.17, 15) is 4.79 Å². The van der Waals surface area contributed by atoms with Gasteiger partial charge in [-0.2, -0.15) is 5.10 Å². The lowest BCUT2D eigenvalue weighted by atomic mass is 10.1. The van der Waals surface area contributed by atoms with E-state index in [2.05, 4.69) is 5.10 Å². The molecule has 3 atom stereocenters. The predicted molar refractivity (Wildman–Crippen MR) is 79.0 cm³/mol. The van der Waals surface area contributed by atoms with Gasteiger partial charge in [0.25, 0.3) is 5.91 Å². The monoisotopic (exact) mass is 282 g/mol. The maximum Gasteiger partial charge on any atom is 0.256 e. The summed E-state index contributed by atoms with van der Waals surface area (Å²) in [6, 6.07) is 9.68. The van der Waals surface area contributed by atoms with Crippen LogP contribution in [0.1, 0.15) is 16.8 Å². The van der Waals surface area contributed by atoms with E-state index < -0.39 is 0 Å². The van der Waals surface area contributed by atoms with Gasteiger partial charge in [0, 0.05) is 31.5 Å². The largest absolute Gasteiger partial charge is 0.334 e. The average molecular weight is 282 g/mol. The zero-order valence-electron chi connectivity index (χ0n) is 11.7. The fourth-order valence-corrected chi connectivity index (χ4v) is 3.53. The van der Waals surface area contributed by atoms with Gasteiger partial charge in [-0.05, 0) is 36.5 Å². The number of carbonyl (C=O) groups excluding carboxylic acids is 1. The Labute approximate surface area is 123 Å². The standard InChI is InChI=1S/C16H18N4O/c17-9-15-13-8-11(13)10-19(15)16(21)12-4-1-2-5-14(12)20-7-3-6-18-20/h1-7,11,13,15H,8-10,17H2/t11-,13-,15-/m1/s1. The first-order valence-electron chi connectivity index (χ1n) is 7.39. The Hall–Kier alpha value is -2.14. The number of benzene rings is 1. The first-order chi connectivity index (χ1) is 10.3. The van der Waals surface area contributed by atoms with Crippen molar-refractivity contribution in [2.24, 2.45) is 17.6 Å². The highest BCUT2D eigenvalue weighted by molar-refractivity contribution is 5.98. The number of amides is 1. The number of para-hydroxylation sites is 1. The van der Waals surface area contributed by atoms with Crippen molar-refractivity contribution in [3.8, 4) is 5.69 Å². The molecule has 2 N–H and O–H groups in total. The van der Waals surface area contributed by atoms with E-state index in [1.165, 1.54) is 6.42 Å². The van der Waals surface area contributed by atoms with Crippen LogP contribution in [0.3, 0.4) is 0 Å². The lowest BCUT2D eigenvalue weighted by molar-refractivity contribution is 0.0712. The number of fused-ring (bicyclic) bond motifs is 1. The summed E-state index contributed by atoms with van der Waals surface area (Å²) in [4.78, 5) is 14.9. The minimum absolute atomic E-state index is 0.0729. The normalized spacial score (nSPS) is 26.7. The van der Waals surface area contributed by atoms with Crippen LogP contribution in [0.2, 0.25) is 0 Å². The molecule has 1 aromatic heterocycles. The second-order valence-electron chi connectivity index (χ2n) is 5.89. The Kier molecular flexibility index (Phi) is 2.82. The van der Waals surface area contributed by atoms with E-state index in [0.29, 0.717) is 23.9 Å². The van der Waals surface area contributed by atoms with Gasteiger partial charge in [-0.1, -0.05) is 12.1 Å². The molecule has 1 saturated heterocycles. The molecule has 1 aliphatic carbocycles. The quantitative estimate of drug-likeness (QED) is 0.922. The molecule has 1 aliphatic heterocycles. The van der Waals surface area contributed by atoms with Crippen molar-refractivity contribution in [2.45, 2.75) is 12.5 Å². The lowest BCUT2D eigenvalue weighted by Gasteiger charge is -2.27. The molecule has 108 valence electrons. The predicted octanol–water partition coefficient (Wildman–Crippen LogP) is 1.29. The number of carbonyl (C=O) groups is 1. The first-order valence-corrected chi connectivity index (χ1v) is 7.39. The molecule has 1 aromatic carbocycles. The molecule has 1 amide bonds. The average Bonchev–Trinajstić information content (AvgIpc) is 2.96. The van der Waals surface area contributed by atoms with E-state index in [0.717, 1.165) is 12.2 Å². The van der Waals surface area contributed by atoms with Gasteiger partial charge < -0.3 is 10.6 Å². The van der Waals surface area contributed by atoms with Crippen molar-refractivity contribution in [2.75, 3.05) is 13.1 Å². The number of likely N-dealkylation sites (tertiary alicyclic amines) is 1. The van der Waals surface area contributed by atoms with Crippen molar-refractivity contribution in [1.82, 2.24) is 14.7 Å². The Balaban J connectivity index is 1.69. The molecule has 2 heterocycles. The molecule has 2 aromatic rings. The molecule has 5 heteroatoms. The third-order valence-corrected chi connectivity index (χ3v) is 4.69. The van der Waals surface area contributed by atoms with Gasteiger partial charge in [0.05, 0.1) is 11.3 Å². The molecule has 0 bridgehead atoms. The maximum atomic E-state index is 12.9. The Morgan fingerprint density at radius 3 is 2.95 bits per heavy atom. The summed E-state index contributed by atoms with van der Waals surface area (Å²) < 4.78 is 1.74. The van der Waals surface area contributed by atoms with Gasteiger partial charge in [0.2, 0.25) is 0 Å². The molecule has 2 fully saturated rings. The number of aromatic nitrogens is 2. The molecule has 0 spiro atoms. The van der Waals surface area contributed by atoms with E-state index in [1.54, 1.807) is 10.9 Å². The van der Waals surface area contributed by atoms with Crippen molar-refractivity contribution in [1.29, 1.82) is 0 Å². The van der Waals surface area contributed by atoms with Crippen molar-refractivity contribution >= 4 is 5.91 Å². The van der Waals surface area contributed by atoms with Gasteiger partial charge in [0.1, 0.15) is 0 Å². The van der Waals surface area contributed by atoms with Crippen LogP contribution >= 0.6 is 0 Å². The van der Waals surface area contributed by atoms with Crippen LogP contribution in [0.4, 0.5) is 0 Å². The summed E-state index contributed by atoms with van der Waals surface area (Å²) in [5, 5.41) is 4.24.